The van der Waals surface area contributed by atoms with Gasteiger partial charge in [0.2, 0.25) is 11.8 Å². The van der Waals surface area contributed by atoms with Crippen LogP contribution in [-0.4, -0.2) is 41.9 Å². The van der Waals surface area contributed by atoms with Crippen LogP contribution in [0.4, 0.5) is 0 Å². The fourth-order valence-electron chi connectivity index (χ4n) is 5.16. The molecule has 1 heterocycles. The summed E-state index contributed by atoms with van der Waals surface area (Å²) < 4.78 is 0. The van der Waals surface area contributed by atoms with Gasteiger partial charge in [0.15, 0.2) is 0 Å². The Morgan fingerprint density at radius 1 is 1.04 bits per heavy atom. The van der Waals surface area contributed by atoms with Crippen molar-refractivity contribution in [1.82, 2.24) is 10.2 Å². The van der Waals surface area contributed by atoms with Crippen LogP contribution in [0.5, 0.6) is 0 Å². The lowest BCUT2D eigenvalue weighted by Gasteiger charge is -2.46. The Morgan fingerprint density at radius 3 is 2.23 bits per heavy atom. The van der Waals surface area contributed by atoms with Gasteiger partial charge in [-0.15, -0.1) is 12.4 Å². The summed E-state index contributed by atoms with van der Waals surface area (Å²) in [5, 5.41) is 3.38. The number of nitrogens with two attached hydrogens (primary N) is 1. The lowest BCUT2D eigenvalue weighted by molar-refractivity contribution is -0.143. The van der Waals surface area contributed by atoms with E-state index in [1.54, 1.807) is 0 Å². The van der Waals surface area contributed by atoms with Crippen molar-refractivity contribution in [1.29, 1.82) is 0 Å². The van der Waals surface area contributed by atoms with Gasteiger partial charge in [0.05, 0.1) is 5.92 Å². The second kappa shape index (κ2) is 8.47. The maximum Gasteiger partial charge on any atom is 0.227 e. The van der Waals surface area contributed by atoms with Crippen LogP contribution in [0, 0.1) is 23.2 Å². The molecule has 3 fully saturated rings. The van der Waals surface area contributed by atoms with Gasteiger partial charge in [0.25, 0.3) is 0 Å². The van der Waals surface area contributed by atoms with Crippen molar-refractivity contribution in [2.24, 2.45) is 28.9 Å². The Kier molecular flexibility index (Phi) is 7.00. The third-order valence-corrected chi connectivity index (χ3v) is 6.41. The second-order valence-electron chi connectivity index (χ2n) is 9.56. The highest BCUT2D eigenvalue weighted by molar-refractivity contribution is 5.85. The molecule has 3 unspecified atom stereocenters. The highest BCUT2D eigenvalue weighted by atomic mass is 35.5. The average Bonchev–Trinajstić information content (AvgIpc) is 2.54. The number of hydrogen-bond donors (Lipinski definition) is 2. The fraction of sp³-hybridized carbons (Fsp3) is 0.900. The standard InChI is InChI=1S/C20H35N3O2.ClH/c1-20(2,3)19(25)23-9-5-8-15(12-23)18(24)22-17-13-6-4-7-14(17)11-16(21)10-13;/h13-17H,4-12,21H2,1-3H3,(H,22,24);1H. The maximum absolute atomic E-state index is 12.9. The van der Waals surface area contributed by atoms with E-state index in [-0.39, 0.29) is 35.6 Å². The summed E-state index contributed by atoms with van der Waals surface area (Å²) in [7, 11) is 0. The minimum absolute atomic E-state index is 0. The predicted molar refractivity (Wildman–Crippen MR) is 106 cm³/mol. The Morgan fingerprint density at radius 2 is 1.65 bits per heavy atom. The monoisotopic (exact) mass is 385 g/mol. The lowest BCUT2D eigenvalue weighted by atomic mass is 9.67. The normalized spacial score (nSPS) is 34.6. The first kappa shape index (κ1) is 21.5. The topological polar surface area (TPSA) is 75.4 Å². The third-order valence-electron chi connectivity index (χ3n) is 6.41. The van der Waals surface area contributed by atoms with Crippen LogP contribution >= 0.6 is 12.4 Å². The largest absolute Gasteiger partial charge is 0.353 e. The van der Waals surface area contributed by atoms with Gasteiger partial charge in [0.1, 0.15) is 0 Å². The number of carbonyl (C=O) groups is 2. The van der Waals surface area contributed by atoms with Gasteiger partial charge in [-0.25, -0.2) is 0 Å². The smallest absolute Gasteiger partial charge is 0.227 e. The van der Waals surface area contributed by atoms with E-state index in [1.807, 2.05) is 25.7 Å². The van der Waals surface area contributed by atoms with Gasteiger partial charge in [-0.3, -0.25) is 9.59 Å². The van der Waals surface area contributed by atoms with Gasteiger partial charge in [-0.1, -0.05) is 27.2 Å². The lowest BCUT2D eigenvalue weighted by Crippen LogP contribution is -2.56. The summed E-state index contributed by atoms with van der Waals surface area (Å²) in [5.74, 6) is 1.34. The average molecular weight is 386 g/mol. The number of halogens is 1. The number of likely N-dealkylation sites (tertiary alicyclic amines) is 1. The molecule has 2 saturated carbocycles. The zero-order valence-electron chi connectivity index (χ0n) is 16.5. The summed E-state index contributed by atoms with van der Waals surface area (Å²) in [6.45, 7) is 7.20. The first-order chi connectivity index (χ1) is 11.8. The number of nitrogens with zero attached hydrogens (tertiary/aromatic N) is 1. The molecule has 2 amide bonds. The van der Waals surface area contributed by atoms with Crippen molar-refractivity contribution >= 4 is 24.2 Å². The van der Waals surface area contributed by atoms with Crippen molar-refractivity contribution in [3.05, 3.63) is 0 Å². The van der Waals surface area contributed by atoms with Crippen LogP contribution in [0.3, 0.4) is 0 Å². The van der Waals surface area contributed by atoms with E-state index >= 15 is 0 Å². The van der Waals surface area contributed by atoms with Crippen LogP contribution in [0.2, 0.25) is 0 Å². The Labute approximate surface area is 164 Å². The molecule has 3 N–H and O–H groups in total. The fourth-order valence-corrected chi connectivity index (χ4v) is 5.16. The third kappa shape index (κ3) is 4.72. The van der Waals surface area contributed by atoms with Crippen LogP contribution in [0.15, 0.2) is 0 Å². The van der Waals surface area contributed by atoms with Gasteiger partial charge >= 0.3 is 0 Å². The molecule has 3 aliphatic rings. The van der Waals surface area contributed by atoms with E-state index in [4.69, 9.17) is 5.73 Å². The zero-order chi connectivity index (χ0) is 18.2. The molecule has 1 aliphatic heterocycles. The number of nitrogens with one attached hydrogen (secondary N) is 1. The molecule has 2 aliphatic carbocycles. The van der Waals surface area contributed by atoms with E-state index in [2.05, 4.69) is 5.32 Å². The minimum atomic E-state index is -0.380. The highest BCUT2D eigenvalue weighted by Crippen LogP contribution is 2.40. The van der Waals surface area contributed by atoms with Crippen LogP contribution < -0.4 is 11.1 Å². The second-order valence-corrected chi connectivity index (χ2v) is 9.56. The van der Waals surface area contributed by atoms with Crippen molar-refractivity contribution in [3.63, 3.8) is 0 Å². The number of carbonyl (C=O) groups excluding carboxylic acids is 2. The Balaban J connectivity index is 0.00000243. The summed E-state index contributed by atoms with van der Waals surface area (Å²) >= 11 is 0. The van der Waals surface area contributed by atoms with E-state index < -0.39 is 0 Å². The molecule has 1 saturated heterocycles. The highest BCUT2D eigenvalue weighted by Gasteiger charge is 2.41. The number of rotatable bonds is 2. The molecule has 150 valence electrons. The Hall–Kier alpha value is -0.810. The molecule has 0 aromatic heterocycles. The molecular formula is C20H36ClN3O2. The predicted octanol–water partition coefficient (Wildman–Crippen LogP) is 2.72. The Bertz CT molecular complexity index is 506. The van der Waals surface area contributed by atoms with Gasteiger partial charge in [-0.05, 0) is 50.4 Å². The summed E-state index contributed by atoms with van der Waals surface area (Å²) in [4.78, 5) is 27.4. The first-order valence-corrected chi connectivity index (χ1v) is 10.1. The van der Waals surface area contributed by atoms with Crippen LogP contribution in [0.1, 0.15) is 65.7 Å². The number of piperidine rings is 1. The SMILES string of the molecule is CC(C)(C)C(=O)N1CCCC(C(=O)NC2C3CCCC2CC(N)C3)C1.Cl. The summed E-state index contributed by atoms with van der Waals surface area (Å²) in [6.07, 6.45) is 7.54. The summed E-state index contributed by atoms with van der Waals surface area (Å²) in [5.41, 5.74) is 5.82. The maximum atomic E-state index is 12.9. The van der Waals surface area contributed by atoms with Gasteiger partial charge < -0.3 is 16.0 Å². The van der Waals surface area contributed by atoms with E-state index in [0.29, 0.717) is 30.5 Å². The van der Waals surface area contributed by atoms with Crippen molar-refractivity contribution in [2.45, 2.75) is 77.8 Å². The van der Waals surface area contributed by atoms with Gasteiger partial charge in [0, 0.05) is 30.6 Å². The zero-order valence-corrected chi connectivity index (χ0v) is 17.3. The first-order valence-electron chi connectivity index (χ1n) is 10.1. The molecule has 26 heavy (non-hydrogen) atoms. The molecule has 3 rings (SSSR count). The molecule has 0 aromatic rings. The number of hydrogen-bond acceptors (Lipinski definition) is 3. The minimum Gasteiger partial charge on any atom is -0.353 e. The molecule has 6 heteroatoms. The van der Waals surface area contributed by atoms with Crippen molar-refractivity contribution in [2.75, 3.05) is 13.1 Å². The molecule has 0 spiro atoms. The van der Waals surface area contributed by atoms with Crippen LogP contribution in [0.25, 0.3) is 0 Å². The van der Waals surface area contributed by atoms with Crippen molar-refractivity contribution in [3.8, 4) is 0 Å². The number of amides is 2. The quantitative estimate of drug-likeness (QED) is 0.767. The van der Waals surface area contributed by atoms with E-state index in [9.17, 15) is 9.59 Å². The summed E-state index contributed by atoms with van der Waals surface area (Å²) in [6, 6.07) is 0.604. The van der Waals surface area contributed by atoms with E-state index in [0.717, 1.165) is 32.2 Å². The van der Waals surface area contributed by atoms with E-state index in [1.165, 1.54) is 19.3 Å². The number of fused-ring (bicyclic) bond motifs is 2. The molecule has 2 bridgehead atoms. The molecule has 0 radical (unpaired) electrons. The van der Waals surface area contributed by atoms with Crippen LogP contribution in [-0.2, 0) is 9.59 Å². The molecule has 0 aromatic carbocycles. The van der Waals surface area contributed by atoms with Gasteiger partial charge in [-0.2, -0.15) is 0 Å². The van der Waals surface area contributed by atoms with Crippen molar-refractivity contribution < 1.29 is 9.59 Å². The molecular weight excluding hydrogens is 350 g/mol. The molecule has 5 nitrogen and oxygen atoms in total. The molecule has 3 atom stereocenters.